The van der Waals surface area contributed by atoms with Crippen molar-refractivity contribution in [2.24, 2.45) is 28.1 Å². The lowest BCUT2D eigenvalue weighted by molar-refractivity contribution is -0.142. The Morgan fingerprint density at radius 2 is 1.18 bits per heavy atom. The van der Waals surface area contributed by atoms with Gasteiger partial charge >= 0.3 is 0 Å². The summed E-state index contributed by atoms with van der Waals surface area (Å²) < 4.78 is 0. The number of aromatic nitrogens is 4. The molecule has 31 heteroatoms. The largest absolute Gasteiger partial charge is 0.508 e. The van der Waals surface area contributed by atoms with E-state index in [0.717, 1.165) is 0 Å². The molecular formula is C64H82N18O13. The average molecular weight is 1310 g/mol. The van der Waals surface area contributed by atoms with Gasteiger partial charge in [-0.05, 0) is 85.4 Å². The number of rotatable bonds is 33. The van der Waals surface area contributed by atoms with Crippen molar-refractivity contribution in [3.8, 4) is 5.75 Å². The number of aliphatic hydroxyl groups is 1. The third kappa shape index (κ3) is 19.6. The second-order valence-corrected chi connectivity index (χ2v) is 24.0. The molecule has 2 aliphatic rings. The number of benzene rings is 3. The van der Waals surface area contributed by atoms with Crippen molar-refractivity contribution < 1.29 is 63.0 Å². The number of nitrogens with one attached hydrogen (secondary N) is 12. The van der Waals surface area contributed by atoms with Gasteiger partial charge in [0.05, 0.1) is 19.5 Å². The Hall–Kier alpha value is -10.8. The predicted molar refractivity (Wildman–Crippen MR) is 346 cm³/mol. The topological polar surface area (TPSA) is 490 Å². The fraction of sp³-hybridized carbons (Fsp3) is 0.422. The van der Waals surface area contributed by atoms with E-state index in [9.17, 15) is 53.4 Å². The number of para-hydroxylation sites is 2. The van der Waals surface area contributed by atoms with Gasteiger partial charge in [-0.3, -0.25) is 57.7 Å². The highest BCUT2D eigenvalue weighted by Crippen LogP contribution is 2.24. The average Bonchev–Trinajstić information content (AvgIpc) is 1.81. The number of phenolic OH excluding ortho intramolecular Hbond substituents is 1. The van der Waals surface area contributed by atoms with E-state index in [-0.39, 0.29) is 101 Å². The van der Waals surface area contributed by atoms with E-state index in [4.69, 9.17) is 17.2 Å². The summed E-state index contributed by atoms with van der Waals surface area (Å²) in [5.74, 6) is -9.04. The molecule has 11 amide bonds. The lowest BCUT2D eigenvalue weighted by atomic mass is 9.99. The number of aromatic hydroxyl groups is 1. The van der Waals surface area contributed by atoms with Crippen LogP contribution >= 0.6 is 0 Å². The molecule has 20 N–H and O–H groups in total. The minimum Gasteiger partial charge on any atom is -0.508 e. The molecular weight excluding hydrogens is 1230 g/mol. The number of hydrogen-bond acceptors (Lipinski definition) is 15. The van der Waals surface area contributed by atoms with Crippen LogP contribution in [0, 0.1) is 5.92 Å². The zero-order chi connectivity index (χ0) is 68.3. The van der Waals surface area contributed by atoms with Gasteiger partial charge in [0.25, 0.3) is 0 Å². The first-order valence-corrected chi connectivity index (χ1v) is 31.3. The Kier molecular flexibility index (Phi) is 24.4. The van der Waals surface area contributed by atoms with Crippen LogP contribution in [0.15, 0.2) is 103 Å². The van der Waals surface area contributed by atoms with Crippen molar-refractivity contribution in [3.63, 3.8) is 0 Å². The number of carbonyl (C=O) groups is 11. The normalized spacial score (nSPS) is 16.6. The number of imidazole rings is 1. The van der Waals surface area contributed by atoms with E-state index in [0.29, 0.717) is 50.6 Å². The van der Waals surface area contributed by atoms with Crippen LogP contribution in [-0.4, -0.2) is 187 Å². The molecule has 2 saturated heterocycles. The summed E-state index contributed by atoms with van der Waals surface area (Å²) in [5, 5.41) is 46.5. The third-order valence-electron chi connectivity index (χ3n) is 16.4. The van der Waals surface area contributed by atoms with E-state index in [1.807, 2.05) is 0 Å². The number of primary amides is 1. The summed E-state index contributed by atoms with van der Waals surface area (Å²) in [5.41, 5.74) is 19.8. The van der Waals surface area contributed by atoms with Crippen LogP contribution in [0.3, 0.4) is 0 Å². The highest BCUT2D eigenvalue weighted by molar-refractivity contribution is 6.00. The van der Waals surface area contributed by atoms with Gasteiger partial charge in [0.2, 0.25) is 65.0 Å². The second kappa shape index (κ2) is 33.1. The van der Waals surface area contributed by atoms with Crippen molar-refractivity contribution in [2.75, 3.05) is 26.2 Å². The first-order valence-electron chi connectivity index (χ1n) is 31.3. The number of fused-ring (bicyclic) bond motifs is 2. The van der Waals surface area contributed by atoms with E-state index in [1.54, 1.807) is 74.8 Å². The summed E-state index contributed by atoms with van der Waals surface area (Å²) in [6.07, 6.45) is 6.51. The van der Waals surface area contributed by atoms with Gasteiger partial charge in [0.15, 0.2) is 5.96 Å². The smallest absolute Gasteiger partial charge is 0.245 e. The van der Waals surface area contributed by atoms with Crippen molar-refractivity contribution in [3.05, 3.63) is 120 Å². The van der Waals surface area contributed by atoms with Crippen LogP contribution in [0.1, 0.15) is 81.2 Å². The molecule has 3 aromatic heterocycles. The van der Waals surface area contributed by atoms with Crippen molar-refractivity contribution in [1.29, 1.82) is 0 Å². The summed E-state index contributed by atoms with van der Waals surface area (Å²) >= 11 is 0. The van der Waals surface area contributed by atoms with E-state index >= 15 is 9.59 Å². The number of aromatic amines is 3. The second-order valence-electron chi connectivity index (χ2n) is 24.0. The zero-order valence-electron chi connectivity index (χ0n) is 52.6. The maximum absolute atomic E-state index is 15.1. The molecule has 0 bridgehead atoms. The lowest BCUT2D eigenvalue weighted by Gasteiger charge is -2.30. The van der Waals surface area contributed by atoms with Crippen LogP contribution in [0.2, 0.25) is 0 Å². The minimum absolute atomic E-state index is 0.00905. The van der Waals surface area contributed by atoms with Crippen molar-refractivity contribution in [1.82, 2.24) is 72.7 Å². The number of H-pyrrole nitrogens is 3. The van der Waals surface area contributed by atoms with Gasteiger partial charge in [-0.25, -0.2) is 4.98 Å². The molecule has 2 fully saturated rings. The molecule has 9 atom stereocenters. The summed E-state index contributed by atoms with van der Waals surface area (Å²) in [7, 11) is 0. The van der Waals surface area contributed by atoms with E-state index < -0.39 is 127 Å². The molecule has 0 aliphatic carbocycles. The first kappa shape index (κ1) is 70.0. The Morgan fingerprint density at radius 3 is 1.72 bits per heavy atom. The number of guanidine groups is 1. The zero-order valence-corrected chi connectivity index (χ0v) is 52.6. The maximum atomic E-state index is 15.1. The van der Waals surface area contributed by atoms with Gasteiger partial charge in [-0.2, -0.15) is 0 Å². The lowest BCUT2D eigenvalue weighted by Crippen LogP contribution is -2.61. The fourth-order valence-corrected chi connectivity index (χ4v) is 11.5. The molecule has 5 heterocycles. The highest BCUT2D eigenvalue weighted by atomic mass is 16.3. The first-order chi connectivity index (χ1) is 45.5. The van der Waals surface area contributed by atoms with Crippen molar-refractivity contribution >= 4 is 92.7 Å². The number of aliphatic imine (C=N–C) groups is 1. The molecule has 1 unspecified atom stereocenters. The van der Waals surface area contributed by atoms with Crippen LogP contribution in [0.25, 0.3) is 21.8 Å². The Labute approximate surface area is 545 Å². The number of nitrogens with zero attached hydrogens (tertiary/aromatic N) is 3. The molecule has 506 valence electrons. The maximum Gasteiger partial charge on any atom is 0.245 e. The fourth-order valence-electron chi connectivity index (χ4n) is 11.5. The summed E-state index contributed by atoms with van der Waals surface area (Å²) in [6, 6.07) is 7.78. The monoisotopic (exact) mass is 1310 g/mol. The van der Waals surface area contributed by atoms with Gasteiger partial charge in [0.1, 0.15) is 60.1 Å². The number of nitrogens with two attached hydrogens (primary N) is 3. The van der Waals surface area contributed by atoms with Gasteiger partial charge < -0.3 is 95.1 Å². The standard InChI is InChI=1S/C64H82N18O13/c1-34(2)23-46(56(88)75-45(13-7-21-69-64(66)67)63(95)82-22-8-14-52(82)62(94)72-31-53(65)85)76-58(90)48(25-36-28-70-42-11-5-3-9-40(36)42)78-57(89)47(24-35-15-17-39(84)18-16-35)77-61(93)51(32-83)81-59(91)49(26-37-29-71-43-12-6-4-10-41(37)43)79-60(92)50(27-38-30-68-33-73-38)80-55(87)44-19-20-54(86)74-44/h3-6,9-12,15-18,28-30,33-34,44-52,70-71,83-84H,7-8,13-14,19-27,31-32H2,1-2H3,(H2,65,85)(H,68,73)(H,72,94)(H,74,86)(H,75,88)(H,76,90)(H,77,93)(H,78,89)(H,79,92)(H,80,87)(H,81,91)(H4,66,67,69)/t44?,45-,46-,47-,48+,49-,50-,51+,52+/m1/s1. The van der Waals surface area contributed by atoms with Gasteiger partial charge in [0, 0.05) is 91.3 Å². The van der Waals surface area contributed by atoms with Gasteiger partial charge in [-0.15, -0.1) is 0 Å². The number of aliphatic hydroxyl groups excluding tert-OH is 1. The molecule has 2 aliphatic heterocycles. The molecule has 0 spiro atoms. The molecule has 95 heavy (non-hydrogen) atoms. The van der Waals surface area contributed by atoms with Crippen LogP contribution in [0.4, 0.5) is 0 Å². The number of phenols is 1. The van der Waals surface area contributed by atoms with Crippen LogP contribution in [-0.2, 0) is 78.4 Å². The van der Waals surface area contributed by atoms with E-state index in [2.05, 4.69) is 72.8 Å². The number of carbonyl (C=O) groups excluding carboxylic acids is 11. The van der Waals surface area contributed by atoms with E-state index in [1.165, 1.54) is 41.7 Å². The predicted octanol–water partition coefficient (Wildman–Crippen LogP) is -2.29. The Morgan fingerprint density at radius 1 is 0.642 bits per heavy atom. The van der Waals surface area contributed by atoms with Crippen LogP contribution < -0.4 is 65.1 Å². The van der Waals surface area contributed by atoms with Crippen LogP contribution in [0.5, 0.6) is 5.75 Å². The number of amides is 11. The quantitative estimate of drug-likeness (QED) is 0.0117. The summed E-state index contributed by atoms with van der Waals surface area (Å²) in [6.45, 7) is 2.33. The SMILES string of the molecule is CC(C)C[C@@H](NC(=O)[C@H](Cc1c[nH]c2ccccc12)NC(=O)[C@@H](Cc1ccc(O)cc1)NC(=O)[C@H](CO)NC(=O)[C@@H](Cc1c[nH]c2ccccc12)NC(=O)[C@@H](Cc1cnc[nH]1)NC(=O)C1CCC(=O)N1)C(=O)N[C@H](CCCN=C(N)N)C(=O)N1CCC[C@H]1C(=O)NCC(N)=O. The molecule has 0 saturated carbocycles. The minimum atomic E-state index is -1.80. The van der Waals surface area contributed by atoms with Crippen molar-refractivity contribution in [2.45, 2.75) is 139 Å². The Balaban J connectivity index is 1.05. The van der Waals surface area contributed by atoms with Gasteiger partial charge in [-0.1, -0.05) is 62.4 Å². The Bertz CT molecular complexity index is 3750. The number of hydrogen-bond donors (Lipinski definition) is 17. The molecule has 3 aromatic carbocycles. The number of likely N-dealkylation sites (tertiary alicyclic amines) is 1. The molecule has 6 aromatic rings. The summed E-state index contributed by atoms with van der Waals surface area (Å²) in [4.78, 5) is 172. The molecule has 0 radical (unpaired) electrons. The molecule has 31 nitrogen and oxygen atoms in total. The third-order valence-corrected chi connectivity index (χ3v) is 16.4. The molecule has 8 rings (SSSR count). The highest BCUT2D eigenvalue weighted by Gasteiger charge is 2.40.